The number of nitrogens with zero attached hydrogens (tertiary/aromatic N) is 3. The van der Waals surface area contributed by atoms with Gasteiger partial charge in [-0.3, -0.25) is 4.79 Å². The highest BCUT2D eigenvalue weighted by Gasteiger charge is 2.40. The Morgan fingerprint density at radius 2 is 1.92 bits per heavy atom. The SMILES string of the molecule is CC1CCN(c2ncccc2C(=O)NS(=O)(=O)c2cccc(NCCc3ccccc3Cl)n2)C1(C)C. The minimum atomic E-state index is -4.21. The molecule has 1 atom stereocenters. The first kappa shape index (κ1) is 25.9. The Morgan fingerprint density at radius 1 is 1.14 bits per heavy atom. The van der Waals surface area contributed by atoms with Gasteiger partial charge in [0.05, 0.1) is 5.56 Å². The molecule has 1 saturated heterocycles. The van der Waals surface area contributed by atoms with Gasteiger partial charge in [0, 0.05) is 29.8 Å². The second-order valence-electron chi connectivity index (χ2n) is 9.43. The molecule has 8 nitrogen and oxygen atoms in total. The van der Waals surface area contributed by atoms with Crippen LogP contribution in [0.3, 0.4) is 0 Å². The predicted octanol–water partition coefficient (Wildman–Crippen LogP) is 4.53. The number of carbonyl (C=O) groups is 1. The first-order valence-electron chi connectivity index (χ1n) is 11.8. The van der Waals surface area contributed by atoms with Crippen molar-refractivity contribution in [3.8, 4) is 0 Å². The Kier molecular flexibility index (Phi) is 7.51. The Morgan fingerprint density at radius 3 is 2.64 bits per heavy atom. The minimum Gasteiger partial charge on any atom is -0.370 e. The molecular formula is C26H30ClN5O3S. The summed E-state index contributed by atoms with van der Waals surface area (Å²) in [7, 11) is -4.21. The molecule has 36 heavy (non-hydrogen) atoms. The summed E-state index contributed by atoms with van der Waals surface area (Å²) in [5, 5.41) is 3.54. The highest BCUT2D eigenvalue weighted by atomic mass is 35.5. The van der Waals surface area contributed by atoms with Crippen molar-refractivity contribution >= 4 is 39.2 Å². The summed E-state index contributed by atoms with van der Waals surface area (Å²) in [5.41, 5.74) is 0.969. The van der Waals surface area contributed by atoms with Crippen LogP contribution in [-0.4, -0.2) is 42.9 Å². The zero-order valence-electron chi connectivity index (χ0n) is 20.5. The van der Waals surface area contributed by atoms with Crippen LogP contribution >= 0.6 is 11.6 Å². The third-order valence-electron chi connectivity index (χ3n) is 6.86. The minimum absolute atomic E-state index is 0.206. The van der Waals surface area contributed by atoms with Gasteiger partial charge < -0.3 is 10.2 Å². The van der Waals surface area contributed by atoms with Crippen LogP contribution < -0.4 is 14.9 Å². The highest BCUT2D eigenvalue weighted by molar-refractivity contribution is 7.90. The van der Waals surface area contributed by atoms with Crippen molar-refractivity contribution in [3.63, 3.8) is 0 Å². The average molecular weight is 528 g/mol. The molecule has 1 aliphatic heterocycles. The average Bonchev–Trinajstić information content (AvgIpc) is 3.12. The third kappa shape index (κ3) is 5.47. The summed E-state index contributed by atoms with van der Waals surface area (Å²) in [4.78, 5) is 23.8. The summed E-state index contributed by atoms with van der Waals surface area (Å²) < 4.78 is 28.3. The van der Waals surface area contributed by atoms with Gasteiger partial charge in [0.15, 0.2) is 5.03 Å². The number of hydrogen-bond donors (Lipinski definition) is 2. The number of anilines is 2. The van der Waals surface area contributed by atoms with Crippen LogP contribution in [0.15, 0.2) is 65.8 Å². The van der Waals surface area contributed by atoms with Crippen molar-refractivity contribution in [3.05, 3.63) is 76.9 Å². The summed E-state index contributed by atoms with van der Waals surface area (Å²) in [6, 6.07) is 15.3. The number of benzene rings is 1. The molecule has 0 radical (unpaired) electrons. The molecule has 190 valence electrons. The molecule has 4 rings (SSSR count). The molecule has 0 bridgehead atoms. The highest BCUT2D eigenvalue weighted by Crippen LogP contribution is 2.38. The molecular weight excluding hydrogens is 498 g/mol. The van der Waals surface area contributed by atoms with E-state index in [9.17, 15) is 13.2 Å². The van der Waals surface area contributed by atoms with Crippen LogP contribution in [-0.2, 0) is 16.4 Å². The Bertz CT molecular complexity index is 1360. The van der Waals surface area contributed by atoms with Gasteiger partial charge in [-0.2, -0.15) is 8.42 Å². The van der Waals surface area contributed by atoms with Gasteiger partial charge >= 0.3 is 0 Å². The standard InChI is InChI=1S/C26H30ClN5O3S/c1-18-14-17-32(26(18,2)3)24-20(9-7-15-29-24)25(33)31-36(34,35)23-12-6-11-22(30-23)28-16-13-19-8-4-5-10-21(19)27/h4-12,15,18H,13-14,16-17H2,1-3H3,(H,28,30)(H,31,33). The summed E-state index contributed by atoms with van der Waals surface area (Å²) >= 11 is 6.19. The van der Waals surface area contributed by atoms with Crippen LogP contribution in [0.4, 0.5) is 11.6 Å². The molecule has 1 unspecified atom stereocenters. The molecule has 1 aliphatic rings. The number of nitrogens with one attached hydrogen (secondary N) is 2. The Hall–Kier alpha value is -3.17. The maximum Gasteiger partial charge on any atom is 0.281 e. The number of rotatable bonds is 8. The molecule has 2 N–H and O–H groups in total. The summed E-state index contributed by atoms with van der Waals surface area (Å²) in [6.45, 7) is 7.61. The van der Waals surface area contributed by atoms with Gasteiger partial charge in [0.1, 0.15) is 11.6 Å². The van der Waals surface area contributed by atoms with Gasteiger partial charge in [-0.05, 0) is 68.5 Å². The van der Waals surface area contributed by atoms with Gasteiger partial charge in [-0.25, -0.2) is 14.7 Å². The van der Waals surface area contributed by atoms with Crippen molar-refractivity contribution in [2.45, 2.75) is 44.2 Å². The molecule has 1 amide bonds. The van der Waals surface area contributed by atoms with E-state index in [2.05, 4.69) is 45.7 Å². The first-order chi connectivity index (χ1) is 17.1. The van der Waals surface area contributed by atoms with Crippen molar-refractivity contribution in [2.24, 2.45) is 5.92 Å². The fourth-order valence-corrected chi connectivity index (χ4v) is 5.48. The molecule has 3 heterocycles. The lowest BCUT2D eigenvalue weighted by Crippen LogP contribution is -2.43. The lowest BCUT2D eigenvalue weighted by atomic mass is 9.90. The van der Waals surface area contributed by atoms with Crippen molar-refractivity contribution in [1.29, 1.82) is 0 Å². The van der Waals surface area contributed by atoms with Gasteiger partial charge in [0.2, 0.25) is 0 Å². The molecule has 1 aromatic carbocycles. The van der Waals surface area contributed by atoms with E-state index in [-0.39, 0.29) is 16.1 Å². The van der Waals surface area contributed by atoms with E-state index in [1.54, 1.807) is 30.5 Å². The monoisotopic (exact) mass is 527 g/mol. The number of halogens is 1. The normalized spacial score (nSPS) is 17.1. The van der Waals surface area contributed by atoms with E-state index in [0.29, 0.717) is 35.5 Å². The maximum atomic E-state index is 13.1. The molecule has 10 heteroatoms. The van der Waals surface area contributed by atoms with E-state index in [0.717, 1.165) is 18.5 Å². The zero-order valence-corrected chi connectivity index (χ0v) is 22.1. The Balaban J connectivity index is 1.48. The van der Waals surface area contributed by atoms with Crippen molar-refractivity contribution in [2.75, 3.05) is 23.3 Å². The largest absolute Gasteiger partial charge is 0.370 e. The summed E-state index contributed by atoms with van der Waals surface area (Å²) in [5.74, 6) is 0.513. The van der Waals surface area contributed by atoms with E-state index in [1.807, 2.05) is 24.3 Å². The van der Waals surface area contributed by atoms with Crippen molar-refractivity contribution < 1.29 is 13.2 Å². The first-order valence-corrected chi connectivity index (χ1v) is 13.7. The van der Waals surface area contributed by atoms with Crippen LogP contribution in [0.25, 0.3) is 0 Å². The smallest absolute Gasteiger partial charge is 0.281 e. The van der Waals surface area contributed by atoms with Gasteiger partial charge in [-0.1, -0.05) is 42.8 Å². The molecule has 2 aromatic heterocycles. The molecule has 1 fully saturated rings. The lowest BCUT2D eigenvalue weighted by Gasteiger charge is -2.36. The number of carbonyl (C=O) groups excluding carboxylic acids is 1. The van der Waals surface area contributed by atoms with Gasteiger partial charge in [-0.15, -0.1) is 0 Å². The van der Waals surface area contributed by atoms with E-state index >= 15 is 0 Å². The predicted molar refractivity (Wildman–Crippen MR) is 142 cm³/mol. The number of amides is 1. The van der Waals surface area contributed by atoms with Gasteiger partial charge in [0.25, 0.3) is 15.9 Å². The van der Waals surface area contributed by atoms with E-state index in [4.69, 9.17) is 11.6 Å². The van der Waals surface area contributed by atoms with Crippen LogP contribution in [0, 0.1) is 5.92 Å². The van der Waals surface area contributed by atoms with Crippen LogP contribution in [0.1, 0.15) is 43.1 Å². The molecule has 0 saturated carbocycles. The third-order valence-corrected chi connectivity index (χ3v) is 8.46. The van der Waals surface area contributed by atoms with E-state index < -0.39 is 15.9 Å². The van der Waals surface area contributed by atoms with E-state index in [1.165, 1.54) is 6.07 Å². The second kappa shape index (κ2) is 10.4. The topological polar surface area (TPSA) is 104 Å². The number of hydrogen-bond acceptors (Lipinski definition) is 7. The van der Waals surface area contributed by atoms with Crippen LogP contribution in [0.2, 0.25) is 5.02 Å². The molecule has 0 aliphatic carbocycles. The quantitative estimate of drug-likeness (QED) is 0.443. The maximum absolute atomic E-state index is 13.1. The number of sulfonamides is 1. The molecule has 3 aromatic rings. The van der Waals surface area contributed by atoms with Crippen LogP contribution in [0.5, 0.6) is 0 Å². The summed E-state index contributed by atoms with van der Waals surface area (Å²) in [6.07, 6.45) is 3.21. The Labute approximate surface area is 217 Å². The fourth-order valence-electron chi connectivity index (χ4n) is 4.32. The number of aromatic nitrogens is 2. The second-order valence-corrected chi connectivity index (χ2v) is 11.5. The zero-order chi connectivity index (χ0) is 25.9. The number of pyridine rings is 2. The molecule has 0 spiro atoms. The lowest BCUT2D eigenvalue weighted by molar-refractivity contribution is 0.0981. The van der Waals surface area contributed by atoms with Crippen molar-refractivity contribution in [1.82, 2.24) is 14.7 Å². The fraction of sp³-hybridized carbons (Fsp3) is 0.346.